The van der Waals surface area contributed by atoms with Crippen molar-refractivity contribution in [2.24, 2.45) is 0 Å². The zero-order valence-electron chi connectivity index (χ0n) is 9.37. The van der Waals surface area contributed by atoms with Gasteiger partial charge in [-0.3, -0.25) is 4.40 Å². The van der Waals surface area contributed by atoms with Crippen LogP contribution in [0, 0.1) is 0 Å². The number of thiazole rings is 1. The van der Waals surface area contributed by atoms with Gasteiger partial charge in [-0.2, -0.15) is 0 Å². The molecule has 3 aromatic rings. The maximum Gasteiger partial charge on any atom is 0.260 e. The van der Waals surface area contributed by atoms with Gasteiger partial charge in [0.1, 0.15) is 0 Å². The van der Waals surface area contributed by atoms with Crippen LogP contribution in [-0.2, 0) is 16.6 Å². The molecule has 0 unspecified atom stereocenters. The van der Waals surface area contributed by atoms with E-state index in [4.69, 9.17) is 11.6 Å². The van der Waals surface area contributed by atoms with E-state index in [1.165, 1.54) is 22.1 Å². The molecule has 0 aliphatic heterocycles. The third kappa shape index (κ3) is 2.25. The maximum absolute atomic E-state index is 12.2. The van der Waals surface area contributed by atoms with Crippen molar-refractivity contribution in [2.45, 2.75) is 11.6 Å². The number of imidazole rings is 2. The maximum atomic E-state index is 12.2. The number of nitrogens with one attached hydrogen (secondary N) is 2. The minimum absolute atomic E-state index is 0.0380. The monoisotopic (exact) mass is 317 g/mol. The number of halogens is 1. The summed E-state index contributed by atoms with van der Waals surface area (Å²) >= 11 is 7.20. The second-order valence-electron chi connectivity index (χ2n) is 3.66. The van der Waals surface area contributed by atoms with E-state index in [0.717, 1.165) is 0 Å². The molecule has 3 rings (SSSR count). The van der Waals surface area contributed by atoms with Gasteiger partial charge in [-0.25, -0.2) is 23.1 Å². The normalized spacial score (nSPS) is 12.3. The topological polar surface area (TPSA) is 92.1 Å². The smallest absolute Gasteiger partial charge is 0.260 e. The highest BCUT2D eigenvalue weighted by Gasteiger charge is 2.24. The van der Waals surface area contributed by atoms with Gasteiger partial charge in [0.15, 0.2) is 15.1 Å². The fraction of sp³-hybridized carbons (Fsp3) is 0.111. The molecule has 0 aromatic carbocycles. The van der Waals surface area contributed by atoms with Gasteiger partial charge in [0.2, 0.25) is 0 Å². The third-order valence-electron chi connectivity index (χ3n) is 2.44. The summed E-state index contributed by atoms with van der Waals surface area (Å²) in [4.78, 5) is 11.1. The van der Waals surface area contributed by atoms with Crippen molar-refractivity contribution in [3.63, 3.8) is 0 Å². The fourth-order valence-corrected chi connectivity index (χ4v) is 4.06. The second-order valence-corrected chi connectivity index (χ2v) is 6.58. The van der Waals surface area contributed by atoms with E-state index in [1.54, 1.807) is 17.8 Å². The van der Waals surface area contributed by atoms with E-state index in [0.29, 0.717) is 10.7 Å². The number of rotatable bonds is 4. The van der Waals surface area contributed by atoms with Gasteiger partial charge >= 0.3 is 0 Å². The largest absolute Gasteiger partial charge is 0.347 e. The Morgan fingerprint density at radius 2 is 2.37 bits per heavy atom. The Balaban J connectivity index is 1.95. The minimum atomic E-state index is -3.74. The standard InChI is InChI=1S/C9H8ClN5O2S2/c10-7-8(15-1-2-18-9(15)14-7)19(16,17)13-4-6-3-11-5-12-6/h1-3,5,13H,4H2,(H,11,12). The van der Waals surface area contributed by atoms with E-state index in [-0.39, 0.29) is 16.7 Å². The quantitative estimate of drug-likeness (QED) is 0.757. The summed E-state index contributed by atoms with van der Waals surface area (Å²) in [6.07, 6.45) is 4.64. The summed E-state index contributed by atoms with van der Waals surface area (Å²) < 4.78 is 28.4. The zero-order valence-corrected chi connectivity index (χ0v) is 11.8. The molecule has 2 N–H and O–H groups in total. The lowest BCUT2D eigenvalue weighted by atomic mass is 10.5. The van der Waals surface area contributed by atoms with Crippen LogP contribution in [0.2, 0.25) is 5.15 Å². The molecule has 0 saturated carbocycles. The van der Waals surface area contributed by atoms with E-state index >= 15 is 0 Å². The SMILES string of the molecule is O=S(=O)(NCc1cnc[nH]1)c1c(Cl)nc2sccn12. The van der Waals surface area contributed by atoms with Crippen LogP contribution in [0.15, 0.2) is 29.1 Å². The Hall–Kier alpha value is -1.42. The molecule has 3 aromatic heterocycles. The number of hydrogen-bond donors (Lipinski definition) is 2. The van der Waals surface area contributed by atoms with Crippen LogP contribution in [0.25, 0.3) is 4.96 Å². The van der Waals surface area contributed by atoms with Crippen LogP contribution in [0.1, 0.15) is 5.69 Å². The lowest BCUT2D eigenvalue weighted by Crippen LogP contribution is -2.24. The summed E-state index contributed by atoms with van der Waals surface area (Å²) in [6.45, 7) is 0.107. The highest BCUT2D eigenvalue weighted by Crippen LogP contribution is 2.25. The number of H-pyrrole nitrogens is 1. The third-order valence-corrected chi connectivity index (χ3v) is 5.00. The molecule has 3 heterocycles. The molecule has 19 heavy (non-hydrogen) atoms. The van der Waals surface area contributed by atoms with E-state index in [2.05, 4.69) is 19.7 Å². The van der Waals surface area contributed by atoms with Gasteiger partial charge in [0, 0.05) is 23.5 Å². The molecule has 0 saturated heterocycles. The number of aromatic nitrogens is 4. The van der Waals surface area contributed by atoms with Crippen molar-refractivity contribution in [1.82, 2.24) is 24.1 Å². The predicted octanol–water partition coefficient (Wildman–Crippen LogP) is 1.25. The zero-order chi connectivity index (χ0) is 13.5. The van der Waals surface area contributed by atoms with Crippen LogP contribution in [0.5, 0.6) is 0 Å². The van der Waals surface area contributed by atoms with Crippen LogP contribution < -0.4 is 4.72 Å². The summed E-state index contributed by atoms with van der Waals surface area (Å²) in [5.74, 6) is 0. The van der Waals surface area contributed by atoms with Crippen LogP contribution in [0.3, 0.4) is 0 Å². The van der Waals surface area contributed by atoms with E-state index in [1.807, 2.05) is 0 Å². The number of nitrogens with zero attached hydrogens (tertiary/aromatic N) is 3. The highest BCUT2D eigenvalue weighted by atomic mass is 35.5. The second kappa shape index (κ2) is 4.60. The first-order chi connectivity index (χ1) is 9.08. The molecular weight excluding hydrogens is 310 g/mol. The molecule has 0 spiro atoms. The lowest BCUT2D eigenvalue weighted by Gasteiger charge is -2.04. The Morgan fingerprint density at radius 3 is 3.11 bits per heavy atom. The van der Waals surface area contributed by atoms with Crippen LogP contribution in [-0.4, -0.2) is 27.8 Å². The van der Waals surface area contributed by atoms with Crippen molar-refractivity contribution in [3.05, 3.63) is 34.9 Å². The molecule has 0 amide bonds. The number of fused-ring (bicyclic) bond motifs is 1. The molecule has 0 bridgehead atoms. The Morgan fingerprint density at radius 1 is 1.53 bits per heavy atom. The van der Waals surface area contributed by atoms with Gasteiger partial charge in [0.05, 0.1) is 12.9 Å². The Kier molecular flexibility index (Phi) is 3.05. The molecule has 0 fully saturated rings. The van der Waals surface area contributed by atoms with Gasteiger partial charge in [-0.05, 0) is 0 Å². The van der Waals surface area contributed by atoms with Crippen LogP contribution in [0.4, 0.5) is 0 Å². The van der Waals surface area contributed by atoms with Crippen molar-refractivity contribution < 1.29 is 8.42 Å². The van der Waals surface area contributed by atoms with E-state index < -0.39 is 10.0 Å². The van der Waals surface area contributed by atoms with Crippen LogP contribution >= 0.6 is 22.9 Å². The number of hydrogen-bond acceptors (Lipinski definition) is 5. The summed E-state index contributed by atoms with van der Waals surface area (Å²) in [5.41, 5.74) is 0.658. The van der Waals surface area contributed by atoms with Gasteiger partial charge in [-0.1, -0.05) is 11.6 Å². The van der Waals surface area contributed by atoms with Crippen molar-refractivity contribution in [3.8, 4) is 0 Å². The summed E-state index contributed by atoms with van der Waals surface area (Å²) in [7, 11) is -3.74. The minimum Gasteiger partial charge on any atom is -0.347 e. The predicted molar refractivity (Wildman–Crippen MR) is 70.7 cm³/mol. The number of sulfonamides is 1. The molecule has 0 aliphatic rings. The first-order valence-corrected chi connectivity index (χ1v) is 7.90. The first-order valence-electron chi connectivity index (χ1n) is 5.16. The van der Waals surface area contributed by atoms with Gasteiger partial charge in [-0.15, -0.1) is 11.3 Å². The van der Waals surface area contributed by atoms with Gasteiger partial charge < -0.3 is 4.98 Å². The highest BCUT2D eigenvalue weighted by molar-refractivity contribution is 7.89. The first kappa shape index (κ1) is 12.6. The molecule has 0 aliphatic carbocycles. The molecule has 100 valence electrons. The Labute approximate surface area is 117 Å². The fourth-order valence-electron chi connectivity index (χ4n) is 1.60. The van der Waals surface area contributed by atoms with Crippen molar-refractivity contribution >= 4 is 37.9 Å². The van der Waals surface area contributed by atoms with Crippen molar-refractivity contribution in [2.75, 3.05) is 0 Å². The molecule has 0 radical (unpaired) electrons. The average Bonchev–Trinajstić information content (AvgIpc) is 3.01. The van der Waals surface area contributed by atoms with Crippen molar-refractivity contribution in [1.29, 1.82) is 0 Å². The van der Waals surface area contributed by atoms with E-state index in [9.17, 15) is 8.42 Å². The molecule has 7 nitrogen and oxygen atoms in total. The summed E-state index contributed by atoms with van der Waals surface area (Å²) in [5, 5.41) is 1.65. The molecule has 0 atom stereocenters. The number of aromatic amines is 1. The lowest BCUT2D eigenvalue weighted by molar-refractivity contribution is 0.576. The molecule has 10 heteroatoms. The van der Waals surface area contributed by atoms with Gasteiger partial charge in [0.25, 0.3) is 10.0 Å². The molecular formula is C9H8ClN5O2S2. The summed E-state index contributed by atoms with van der Waals surface area (Å²) in [6, 6.07) is 0. The average molecular weight is 318 g/mol. The Bertz CT molecular complexity index is 805.